The summed E-state index contributed by atoms with van der Waals surface area (Å²) in [7, 11) is 0. The van der Waals surface area contributed by atoms with Gasteiger partial charge in [-0.25, -0.2) is 4.99 Å². The molecule has 5 nitrogen and oxygen atoms in total. The summed E-state index contributed by atoms with van der Waals surface area (Å²) in [5.74, 6) is 1.80. The first kappa shape index (κ1) is 22.3. The molecule has 1 amide bonds. The van der Waals surface area contributed by atoms with Gasteiger partial charge in [0.05, 0.1) is 6.54 Å². The highest BCUT2D eigenvalue weighted by Crippen LogP contribution is 2.42. The highest BCUT2D eigenvalue weighted by atomic mass is 127. The highest BCUT2D eigenvalue weighted by molar-refractivity contribution is 14.0. The SMILES string of the molecule is CCNC(=NCc1ccc(C(N)=O)cc1)N1CCSC2(CCCCC2)C1.I. The summed E-state index contributed by atoms with van der Waals surface area (Å²) in [6.07, 6.45) is 6.78. The zero-order chi connectivity index (χ0) is 18.4. The maximum absolute atomic E-state index is 11.2. The summed E-state index contributed by atoms with van der Waals surface area (Å²) in [6.45, 7) is 5.75. The van der Waals surface area contributed by atoms with Crippen molar-refractivity contribution in [2.45, 2.75) is 50.3 Å². The van der Waals surface area contributed by atoms with Gasteiger partial charge in [0.15, 0.2) is 5.96 Å². The van der Waals surface area contributed by atoms with Gasteiger partial charge in [0.2, 0.25) is 5.91 Å². The van der Waals surface area contributed by atoms with Gasteiger partial charge >= 0.3 is 0 Å². The van der Waals surface area contributed by atoms with E-state index in [0.717, 1.165) is 31.2 Å². The highest BCUT2D eigenvalue weighted by Gasteiger charge is 2.38. The molecule has 0 radical (unpaired) electrons. The minimum atomic E-state index is -0.392. The molecule has 1 saturated carbocycles. The van der Waals surface area contributed by atoms with E-state index in [1.54, 1.807) is 12.1 Å². The van der Waals surface area contributed by atoms with E-state index in [4.69, 9.17) is 10.7 Å². The molecule has 3 N–H and O–H groups in total. The molecule has 2 fully saturated rings. The lowest BCUT2D eigenvalue weighted by Gasteiger charge is -2.45. The lowest BCUT2D eigenvalue weighted by atomic mass is 9.87. The molecule has 0 bridgehead atoms. The van der Waals surface area contributed by atoms with Crippen molar-refractivity contribution in [3.63, 3.8) is 0 Å². The van der Waals surface area contributed by atoms with E-state index in [-0.39, 0.29) is 24.0 Å². The van der Waals surface area contributed by atoms with Crippen molar-refractivity contribution in [2.24, 2.45) is 10.7 Å². The van der Waals surface area contributed by atoms with Crippen molar-refractivity contribution >= 4 is 47.6 Å². The van der Waals surface area contributed by atoms with Crippen LogP contribution >= 0.6 is 35.7 Å². The van der Waals surface area contributed by atoms with E-state index in [1.165, 1.54) is 37.9 Å². The second kappa shape index (κ2) is 10.5. The van der Waals surface area contributed by atoms with Crippen molar-refractivity contribution < 1.29 is 4.79 Å². The Hall–Kier alpha value is -0.960. The van der Waals surface area contributed by atoms with Gasteiger partial charge in [-0.3, -0.25) is 4.79 Å². The van der Waals surface area contributed by atoms with Crippen molar-refractivity contribution in [3.05, 3.63) is 35.4 Å². The first-order valence-electron chi connectivity index (χ1n) is 9.68. The number of aliphatic imine (C=N–C) groups is 1. The maximum atomic E-state index is 11.2. The molecule has 1 aromatic rings. The largest absolute Gasteiger partial charge is 0.366 e. The van der Waals surface area contributed by atoms with Crippen LogP contribution in [0.25, 0.3) is 0 Å². The first-order chi connectivity index (χ1) is 12.6. The lowest BCUT2D eigenvalue weighted by molar-refractivity contribution is 0.100. The zero-order valence-electron chi connectivity index (χ0n) is 16.1. The normalized spacial score (nSPS) is 19.4. The molecule has 0 atom stereocenters. The Balaban J connectivity index is 0.00000261. The van der Waals surface area contributed by atoms with E-state index < -0.39 is 5.91 Å². The summed E-state index contributed by atoms with van der Waals surface area (Å²) in [5, 5.41) is 3.47. The smallest absolute Gasteiger partial charge is 0.248 e. The Morgan fingerprint density at radius 3 is 2.59 bits per heavy atom. The van der Waals surface area contributed by atoms with Crippen LogP contribution in [0.15, 0.2) is 29.3 Å². The molecule has 1 aliphatic carbocycles. The molecule has 0 aromatic heterocycles. The second-order valence-corrected chi connectivity index (χ2v) is 8.81. The minimum Gasteiger partial charge on any atom is -0.366 e. The fourth-order valence-electron chi connectivity index (χ4n) is 3.89. The molecule has 150 valence electrons. The summed E-state index contributed by atoms with van der Waals surface area (Å²) < 4.78 is 0.426. The van der Waals surface area contributed by atoms with Crippen LogP contribution in [0.5, 0.6) is 0 Å². The topological polar surface area (TPSA) is 70.7 Å². The summed E-state index contributed by atoms with van der Waals surface area (Å²) >= 11 is 2.18. The molecular weight excluding hydrogens is 471 g/mol. The molecule has 2 aliphatic rings. The van der Waals surface area contributed by atoms with Crippen molar-refractivity contribution in [1.82, 2.24) is 10.2 Å². The van der Waals surface area contributed by atoms with Crippen LogP contribution in [0.4, 0.5) is 0 Å². The third-order valence-corrected chi connectivity index (χ3v) is 6.83. The Morgan fingerprint density at radius 2 is 1.96 bits per heavy atom. The Labute approximate surface area is 184 Å². The zero-order valence-corrected chi connectivity index (χ0v) is 19.2. The number of rotatable bonds is 4. The van der Waals surface area contributed by atoms with E-state index in [2.05, 4.69) is 28.9 Å². The van der Waals surface area contributed by atoms with Gasteiger partial charge in [-0.15, -0.1) is 24.0 Å². The molecule has 1 aromatic carbocycles. The quantitative estimate of drug-likeness (QED) is 0.375. The van der Waals surface area contributed by atoms with Crippen molar-refractivity contribution in [3.8, 4) is 0 Å². The van der Waals surface area contributed by atoms with Crippen LogP contribution in [-0.4, -0.2) is 46.9 Å². The van der Waals surface area contributed by atoms with Gasteiger partial charge in [-0.05, 0) is 37.5 Å². The number of halogens is 1. The number of nitrogens with zero attached hydrogens (tertiary/aromatic N) is 2. The summed E-state index contributed by atoms with van der Waals surface area (Å²) in [4.78, 5) is 18.5. The number of benzene rings is 1. The standard InChI is InChI=1S/C20H30N4OS.HI/c1-2-22-19(23-14-16-6-8-17(9-7-16)18(21)25)24-12-13-26-20(15-24)10-4-3-5-11-20;/h6-9H,2-5,10-15H2,1H3,(H2,21,25)(H,22,23);1H. The van der Waals surface area contributed by atoms with E-state index in [9.17, 15) is 4.79 Å². The third-order valence-electron chi connectivity index (χ3n) is 5.30. The average molecular weight is 502 g/mol. The van der Waals surface area contributed by atoms with Crippen LogP contribution < -0.4 is 11.1 Å². The number of primary amides is 1. The monoisotopic (exact) mass is 502 g/mol. The summed E-state index contributed by atoms with van der Waals surface area (Å²) in [6, 6.07) is 7.41. The maximum Gasteiger partial charge on any atom is 0.248 e. The molecule has 1 aliphatic heterocycles. The van der Waals surface area contributed by atoms with Gasteiger partial charge in [-0.1, -0.05) is 31.4 Å². The average Bonchev–Trinajstić information content (AvgIpc) is 2.66. The fourth-order valence-corrected chi connectivity index (χ4v) is 5.46. The number of hydrogen-bond acceptors (Lipinski definition) is 3. The first-order valence-corrected chi connectivity index (χ1v) is 10.7. The number of carbonyl (C=O) groups excluding carboxylic acids is 1. The van der Waals surface area contributed by atoms with Gasteiger partial charge in [0.25, 0.3) is 0 Å². The van der Waals surface area contributed by atoms with Crippen LogP contribution in [0, 0.1) is 0 Å². The molecule has 1 spiro atoms. The molecule has 27 heavy (non-hydrogen) atoms. The van der Waals surface area contributed by atoms with E-state index in [1.807, 2.05) is 12.1 Å². The number of nitrogens with one attached hydrogen (secondary N) is 1. The molecule has 3 rings (SSSR count). The lowest BCUT2D eigenvalue weighted by Crippen LogP contribution is -2.53. The van der Waals surface area contributed by atoms with Gasteiger partial charge in [-0.2, -0.15) is 11.8 Å². The van der Waals surface area contributed by atoms with Crippen molar-refractivity contribution in [1.29, 1.82) is 0 Å². The third kappa shape index (κ3) is 6.01. The number of hydrogen-bond donors (Lipinski definition) is 2. The van der Waals surface area contributed by atoms with E-state index in [0.29, 0.717) is 16.9 Å². The van der Waals surface area contributed by atoms with E-state index >= 15 is 0 Å². The second-order valence-electron chi connectivity index (χ2n) is 7.25. The van der Waals surface area contributed by atoms with Gasteiger partial charge in [0, 0.05) is 35.7 Å². The molecule has 1 heterocycles. The molecule has 0 unspecified atom stereocenters. The number of guanidine groups is 1. The number of thioether (sulfide) groups is 1. The van der Waals surface area contributed by atoms with Crippen LogP contribution in [0.3, 0.4) is 0 Å². The number of carbonyl (C=O) groups is 1. The van der Waals surface area contributed by atoms with Crippen molar-refractivity contribution in [2.75, 3.05) is 25.4 Å². The van der Waals surface area contributed by atoms with Gasteiger partial charge < -0.3 is 16.0 Å². The Morgan fingerprint density at radius 1 is 1.26 bits per heavy atom. The number of amides is 1. The van der Waals surface area contributed by atoms with Crippen LogP contribution in [-0.2, 0) is 6.54 Å². The van der Waals surface area contributed by atoms with Crippen LogP contribution in [0.1, 0.15) is 54.9 Å². The molecule has 7 heteroatoms. The predicted molar refractivity (Wildman–Crippen MR) is 125 cm³/mol. The molecule has 1 saturated heterocycles. The molecular formula is C20H31IN4OS. The summed E-state index contributed by atoms with van der Waals surface area (Å²) in [5.41, 5.74) is 6.93. The van der Waals surface area contributed by atoms with Gasteiger partial charge in [0.1, 0.15) is 0 Å². The fraction of sp³-hybridized carbons (Fsp3) is 0.600. The van der Waals surface area contributed by atoms with Crippen LogP contribution in [0.2, 0.25) is 0 Å². The minimum absolute atomic E-state index is 0. The Bertz CT molecular complexity index is 638. The Kier molecular flexibility index (Phi) is 8.72. The number of nitrogens with two attached hydrogens (primary N) is 1. The predicted octanol–water partition coefficient (Wildman–Crippen LogP) is 3.62.